The van der Waals surface area contributed by atoms with Crippen molar-refractivity contribution in [2.24, 2.45) is 5.73 Å². The Bertz CT molecular complexity index is 1310. The highest BCUT2D eigenvalue weighted by Crippen LogP contribution is 2.36. The predicted octanol–water partition coefficient (Wildman–Crippen LogP) is 2.49. The fourth-order valence-electron chi connectivity index (χ4n) is 4.84. The summed E-state index contributed by atoms with van der Waals surface area (Å²) in [5.41, 5.74) is 9.88. The third kappa shape index (κ3) is 3.81. The average Bonchev–Trinajstić information content (AvgIpc) is 3.47. The van der Waals surface area contributed by atoms with Crippen LogP contribution in [0.4, 0.5) is 11.4 Å². The lowest BCUT2D eigenvalue weighted by molar-refractivity contribution is 0.0731. The Kier molecular flexibility index (Phi) is 5.57. The van der Waals surface area contributed by atoms with Gasteiger partial charge in [0.1, 0.15) is 11.4 Å². The van der Waals surface area contributed by atoms with E-state index < -0.39 is 5.91 Å². The van der Waals surface area contributed by atoms with E-state index in [0.29, 0.717) is 34.6 Å². The van der Waals surface area contributed by atoms with Gasteiger partial charge in [-0.3, -0.25) is 14.6 Å². The number of ether oxygens (including phenoxy) is 1. The monoisotopic (exact) mass is 460 g/mol. The molecule has 2 aromatic heterocycles. The summed E-state index contributed by atoms with van der Waals surface area (Å²) in [6.45, 7) is 4.21. The van der Waals surface area contributed by atoms with Gasteiger partial charge >= 0.3 is 0 Å². The van der Waals surface area contributed by atoms with Crippen molar-refractivity contribution in [1.82, 2.24) is 19.8 Å². The van der Waals surface area contributed by atoms with Crippen molar-refractivity contribution >= 4 is 34.1 Å². The number of fused-ring (bicyclic) bond motifs is 2. The van der Waals surface area contributed by atoms with Gasteiger partial charge in [0.25, 0.3) is 11.8 Å². The van der Waals surface area contributed by atoms with Gasteiger partial charge in [0.2, 0.25) is 0 Å². The summed E-state index contributed by atoms with van der Waals surface area (Å²) in [7, 11) is 3.87. The number of aromatic nitrogens is 2. The van der Waals surface area contributed by atoms with Gasteiger partial charge in [-0.2, -0.15) is 0 Å². The molecule has 0 saturated carbocycles. The lowest BCUT2D eigenvalue weighted by atomic mass is 10.0. The molecule has 9 nitrogen and oxygen atoms in total. The first kappa shape index (κ1) is 22.1. The maximum absolute atomic E-state index is 13.4. The summed E-state index contributed by atoms with van der Waals surface area (Å²) in [5.74, 6) is 0.0600. The van der Waals surface area contributed by atoms with Crippen LogP contribution in [-0.2, 0) is 6.42 Å². The number of hydrogen-bond donors (Lipinski definition) is 2. The molecule has 9 heteroatoms. The molecule has 1 fully saturated rings. The van der Waals surface area contributed by atoms with Crippen molar-refractivity contribution in [2.75, 3.05) is 39.1 Å². The molecule has 34 heavy (non-hydrogen) atoms. The Balaban J connectivity index is 1.61. The van der Waals surface area contributed by atoms with E-state index in [1.807, 2.05) is 32.2 Å². The van der Waals surface area contributed by atoms with Crippen LogP contribution in [0.15, 0.2) is 30.5 Å². The Morgan fingerprint density at radius 2 is 2.15 bits per heavy atom. The summed E-state index contributed by atoms with van der Waals surface area (Å²) >= 11 is 0. The molecule has 2 aliphatic rings. The first-order chi connectivity index (χ1) is 16.3. The van der Waals surface area contributed by atoms with Crippen LogP contribution in [-0.4, -0.2) is 71.4 Å². The lowest BCUT2D eigenvalue weighted by Crippen LogP contribution is -2.39. The van der Waals surface area contributed by atoms with Gasteiger partial charge in [0, 0.05) is 48.9 Å². The quantitative estimate of drug-likeness (QED) is 0.601. The fraction of sp³-hybridized carbons (Fsp3) is 0.360. The normalized spacial score (nSPS) is 17.4. The van der Waals surface area contributed by atoms with E-state index in [1.165, 1.54) is 6.20 Å². The number of likely N-dealkylation sites (tertiary alicyclic amines) is 1. The molecule has 1 unspecified atom stereocenters. The Morgan fingerprint density at radius 3 is 2.88 bits per heavy atom. The van der Waals surface area contributed by atoms with Gasteiger partial charge in [0.05, 0.1) is 29.1 Å². The molecule has 2 aliphatic heterocycles. The topological polar surface area (TPSA) is 114 Å². The van der Waals surface area contributed by atoms with Gasteiger partial charge in [-0.1, -0.05) is 6.07 Å². The summed E-state index contributed by atoms with van der Waals surface area (Å²) < 4.78 is 5.69. The molecule has 0 aliphatic carbocycles. The molecule has 4 heterocycles. The first-order valence-electron chi connectivity index (χ1n) is 11.4. The van der Waals surface area contributed by atoms with E-state index in [9.17, 15) is 9.59 Å². The van der Waals surface area contributed by atoms with Gasteiger partial charge < -0.3 is 25.6 Å². The number of nitrogens with two attached hydrogens (primary N) is 1. The highest BCUT2D eigenvalue weighted by atomic mass is 16.5. The highest BCUT2D eigenvalue weighted by Gasteiger charge is 2.28. The summed E-state index contributed by atoms with van der Waals surface area (Å²) in [6.07, 6.45) is 3.15. The van der Waals surface area contributed by atoms with Crippen molar-refractivity contribution in [3.8, 4) is 5.75 Å². The molecular weight excluding hydrogens is 432 g/mol. The maximum Gasteiger partial charge on any atom is 0.272 e. The second-order valence-electron chi connectivity index (χ2n) is 9.03. The molecule has 3 N–H and O–H groups in total. The number of rotatable bonds is 5. The Morgan fingerprint density at radius 1 is 1.32 bits per heavy atom. The molecule has 5 rings (SSSR count). The smallest absolute Gasteiger partial charge is 0.272 e. The second-order valence-corrected chi connectivity index (χ2v) is 9.03. The summed E-state index contributed by atoms with van der Waals surface area (Å²) in [5, 5.41) is 4.03. The van der Waals surface area contributed by atoms with Crippen LogP contribution in [0, 0.1) is 6.92 Å². The minimum Gasteiger partial charge on any atom is -0.493 e. The van der Waals surface area contributed by atoms with E-state index >= 15 is 0 Å². The highest BCUT2D eigenvalue weighted by molar-refractivity contribution is 6.09. The zero-order chi connectivity index (χ0) is 24.0. The number of anilines is 2. The summed E-state index contributed by atoms with van der Waals surface area (Å²) in [6, 6.07) is 7.61. The number of amides is 2. The molecule has 0 spiro atoms. The Labute approximate surface area is 197 Å². The number of pyridine rings is 2. The Hall–Kier alpha value is -3.72. The molecular formula is C25H28N6O3. The van der Waals surface area contributed by atoms with E-state index in [4.69, 9.17) is 10.5 Å². The molecule has 176 valence electrons. The van der Waals surface area contributed by atoms with Crippen molar-refractivity contribution in [2.45, 2.75) is 25.8 Å². The molecule has 2 amide bonds. The van der Waals surface area contributed by atoms with Crippen LogP contribution < -0.4 is 15.8 Å². The number of nitrogens with one attached hydrogen (secondary N) is 1. The number of carbonyl (C=O) groups excluding carboxylic acids is 2. The minimum absolute atomic E-state index is 0.134. The number of hydrogen-bond acceptors (Lipinski definition) is 7. The van der Waals surface area contributed by atoms with Crippen LogP contribution in [0.1, 0.15) is 38.5 Å². The molecule has 1 saturated heterocycles. The SMILES string of the molecule is Cc1nc(C(=O)N(C)C2CCN(C)C2)cc2c(Nc3cccc4c3CCO4)c(C(N)=O)cnc12. The number of carbonyl (C=O) groups is 2. The van der Waals surface area contributed by atoms with Crippen LogP contribution in [0.3, 0.4) is 0 Å². The second kappa shape index (κ2) is 8.57. The largest absolute Gasteiger partial charge is 0.493 e. The number of primary amides is 1. The van der Waals surface area contributed by atoms with Crippen LogP contribution in [0.2, 0.25) is 0 Å². The zero-order valence-electron chi connectivity index (χ0n) is 19.6. The molecule has 3 aromatic rings. The molecule has 1 atom stereocenters. The van der Waals surface area contributed by atoms with Crippen molar-refractivity contribution in [3.63, 3.8) is 0 Å². The van der Waals surface area contributed by atoms with Crippen molar-refractivity contribution in [1.29, 1.82) is 0 Å². The van der Waals surface area contributed by atoms with Gasteiger partial charge in [-0.25, -0.2) is 4.98 Å². The number of likely N-dealkylation sites (N-methyl/N-ethyl adjacent to an activating group) is 2. The number of aryl methyl sites for hydroxylation is 1. The van der Waals surface area contributed by atoms with E-state index in [-0.39, 0.29) is 17.5 Å². The maximum atomic E-state index is 13.4. The average molecular weight is 461 g/mol. The van der Waals surface area contributed by atoms with Crippen molar-refractivity contribution in [3.05, 3.63) is 53.0 Å². The number of benzene rings is 1. The predicted molar refractivity (Wildman–Crippen MR) is 130 cm³/mol. The standard InChI is InChI=1S/C25H28N6O3/c1-14-22-17(11-20(28-14)25(33)31(3)15-7-9-30(2)13-15)23(18(12-27-22)24(26)32)29-19-5-4-6-21-16(19)8-10-34-21/h4-6,11-12,15H,7-10,13H2,1-3H3,(H2,26,32)(H,27,29). The first-order valence-corrected chi connectivity index (χ1v) is 11.4. The minimum atomic E-state index is -0.603. The van der Waals surface area contributed by atoms with Crippen LogP contribution in [0.25, 0.3) is 10.9 Å². The van der Waals surface area contributed by atoms with Gasteiger partial charge in [-0.15, -0.1) is 0 Å². The molecule has 0 radical (unpaired) electrons. The van der Waals surface area contributed by atoms with Gasteiger partial charge in [-0.05, 0) is 45.1 Å². The van der Waals surface area contributed by atoms with Crippen LogP contribution in [0.5, 0.6) is 5.75 Å². The number of nitrogens with zero attached hydrogens (tertiary/aromatic N) is 4. The molecule has 0 bridgehead atoms. The lowest BCUT2D eigenvalue weighted by Gasteiger charge is -2.24. The third-order valence-corrected chi connectivity index (χ3v) is 6.75. The van der Waals surface area contributed by atoms with Crippen LogP contribution >= 0.6 is 0 Å². The van der Waals surface area contributed by atoms with E-state index in [1.54, 1.807) is 11.0 Å². The zero-order valence-corrected chi connectivity index (χ0v) is 19.6. The molecule has 1 aromatic carbocycles. The van der Waals surface area contributed by atoms with E-state index in [2.05, 4.69) is 27.2 Å². The van der Waals surface area contributed by atoms with Crippen molar-refractivity contribution < 1.29 is 14.3 Å². The fourth-order valence-corrected chi connectivity index (χ4v) is 4.84. The third-order valence-electron chi connectivity index (χ3n) is 6.75. The summed E-state index contributed by atoms with van der Waals surface area (Å²) in [4.78, 5) is 38.7. The van der Waals surface area contributed by atoms with Gasteiger partial charge in [0.15, 0.2) is 0 Å². The van der Waals surface area contributed by atoms with E-state index in [0.717, 1.165) is 42.9 Å².